The molecule has 124 valence electrons. The number of hydrogen-bond acceptors (Lipinski definition) is 4. The fraction of sp³-hybridized carbons (Fsp3) is 0.714. The lowest BCUT2D eigenvalue weighted by molar-refractivity contribution is -0.370. The Morgan fingerprint density at radius 3 is 1.57 bits per heavy atom. The SMILES string of the molecule is N/N=C/C(=N\N)C(F)(F)C(F)(F)C(F)(F)C(F)(F)C(F)F. The molecule has 0 atom stereocenters. The molecule has 0 amide bonds. The van der Waals surface area contributed by atoms with Gasteiger partial charge in [-0.15, -0.1) is 0 Å². The summed E-state index contributed by atoms with van der Waals surface area (Å²) < 4.78 is 127. The van der Waals surface area contributed by atoms with Gasteiger partial charge in [-0.3, -0.25) is 0 Å². The summed E-state index contributed by atoms with van der Waals surface area (Å²) in [5, 5.41) is 4.18. The van der Waals surface area contributed by atoms with Crippen LogP contribution >= 0.6 is 0 Å². The molecule has 0 fully saturated rings. The van der Waals surface area contributed by atoms with Gasteiger partial charge < -0.3 is 11.7 Å². The molecule has 0 aliphatic heterocycles. The van der Waals surface area contributed by atoms with Gasteiger partial charge in [0, 0.05) is 0 Å². The van der Waals surface area contributed by atoms with E-state index < -0.39 is 42.0 Å². The second-order valence-corrected chi connectivity index (χ2v) is 3.44. The Bertz CT molecular complexity index is 429. The average molecular weight is 336 g/mol. The smallest absolute Gasteiger partial charge is 0.323 e. The standard InChI is InChI=1S/C7H6F10N4/c8-3(9)5(12,13)7(16,17)6(14,15)4(10,11)2(21-19)1-20-18/h1,3H,18-19H2/b20-1+,21-2+. The zero-order chi connectivity index (χ0) is 17.3. The van der Waals surface area contributed by atoms with Crippen LogP contribution in [0.25, 0.3) is 0 Å². The summed E-state index contributed by atoms with van der Waals surface area (Å²) in [6.07, 6.45) is -5.76. The number of nitrogens with two attached hydrogens (primary N) is 2. The molecule has 0 saturated heterocycles. The normalized spacial score (nSPS) is 16.0. The summed E-state index contributed by atoms with van der Waals surface area (Å²) >= 11 is 0. The lowest BCUT2D eigenvalue weighted by Crippen LogP contribution is -2.66. The fourth-order valence-electron chi connectivity index (χ4n) is 0.970. The van der Waals surface area contributed by atoms with Crippen molar-refractivity contribution in [3.05, 3.63) is 0 Å². The molecule has 21 heavy (non-hydrogen) atoms. The first-order chi connectivity index (χ1) is 9.21. The van der Waals surface area contributed by atoms with Gasteiger partial charge in [0.25, 0.3) is 0 Å². The third-order valence-corrected chi connectivity index (χ3v) is 2.14. The minimum atomic E-state index is -7.13. The van der Waals surface area contributed by atoms with Crippen LogP contribution in [0.4, 0.5) is 43.9 Å². The molecule has 0 aromatic rings. The zero-order valence-corrected chi connectivity index (χ0v) is 9.48. The van der Waals surface area contributed by atoms with Gasteiger partial charge in [0.05, 0.1) is 6.21 Å². The fourth-order valence-corrected chi connectivity index (χ4v) is 0.970. The maximum absolute atomic E-state index is 13.2. The number of alkyl halides is 10. The van der Waals surface area contributed by atoms with Gasteiger partial charge in [0.1, 0.15) is 0 Å². The molecule has 14 heteroatoms. The topological polar surface area (TPSA) is 76.8 Å². The Hall–Kier alpha value is -1.76. The van der Waals surface area contributed by atoms with E-state index in [1.54, 1.807) is 0 Å². The van der Waals surface area contributed by atoms with Crippen molar-refractivity contribution in [2.75, 3.05) is 0 Å². The van der Waals surface area contributed by atoms with E-state index in [0.717, 1.165) is 0 Å². The van der Waals surface area contributed by atoms with E-state index in [2.05, 4.69) is 16.8 Å². The van der Waals surface area contributed by atoms with Crippen LogP contribution in [0, 0.1) is 0 Å². The van der Waals surface area contributed by atoms with Gasteiger partial charge in [-0.25, -0.2) is 8.78 Å². The lowest BCUT2D eigenvalue weighted by atomic mass is 9.96. The van der Waals surface area contributed by atoms with Crippen LogP contribution in [-0.2, 0) is 0 Å². The van der Waals surface area contributed by atoms with Gasteiger partial charge >= 0.3 is 30.1 Å². The molecule has 0 aliphatic carbocycles. The first-order valence-electron chi connectivity index (χ1n) is 4.52. The monoisotopic (exact) mass is 336 g/mol. The van der Waals surface area contributed by atoms with Crippen LogP contribution in [0.2, 0.25) is 0 Å². The number of hydrazone groups is 2. The van der Waals surface area contributed by atoms with E-state index in [0.29, 0.717) is 0 Å². The maximum atomic E-state index is 13.2. The average Bonchev–Trinajstić information content (AvgIpc) is 2.34. The Kier molecular flexibility index (Phi) is 5.09. The Morgan fingerprint density at radius 1 is 0.857 bits per heavy atom. The molecular formula is C7H6F10N4. The second kappa shape index (κ2) is 5.55. The molecule has 0 saturated carbocycles. The van der Waals surface area contributed by atoms with Crippen molar-refractivity contribution in [3.63, 3.8) is 0 Å². The third kappa shape index (κ3) is 2.70. The molecule has 0 rings (SSSR count). The summed E-state index contributed by atoms with van der Waals surface area (Å²) in [4.78, 5) is 0. The van der Waals surface area contributed by atoms with E-state index >= 15 is 0 Å². The van der Waals surface area contributed by atoms with Crippen molar-refractivity contribution >= 4 is 11.9 Å². The molecule has 0 spiro atoms. The van der Waals surface area contributed by atoms with E-state index in [1.807, 2.05) is 5.10 Å². The first-order valence-corrected chi connectivity index (χ1v) is 4.52. The van der Waals surface area contributed by atoms with Crippen molar-refractivity contribution in [2.24, 2.45) is 21.9 Å². The van der Waals surface area contributed by atoms with Crippen molar-refractivity contribution in [2.45, 2.75) is 30.1 Å². The second-order valence-electron chi connectivity index (χ2n) is 3.44. The van der Waals surface area contributed by atoms with Crippen LogP contribution in [0.15, 0.2) is 10.2 Å². The number of nitrogens with zero attached hydrogens (tertiary/aromatic N) is 2. The van der Waals surface area contributed by atoms with Crippen molar-refractivity contribution in [1.29, 1.82) is 0 Å². The third-order valence-electron chi connectivity index (χ3n) is 2.14. The molecule has 0 aliphatic rings. The van der Waals surface area contributed by atoms with E-state index in [4.69, 9.17) is 0 Å². The molecule has 4 nitrogen and oxygen atoms in total. The highest BCUT2D eigenvalue weighted by atomic mass is 19.4. The summed E-state index contributed by atoms with van der Waals surface area (Å²) in [6, 6.07) is 0. The molecule has 0 radical (unpaired) electrons. The number of hydrogen-bond donors (Lipinski definition) is 2. The van der Waals surface area contributed by atoms with Gasteiger partial charge in [-0.1, -0.05) is 0 Å². The molecule has 0 heterocycles. The Balaban J connectivity index is 6.07. The van der Waals surface area contributed by atoms with Crippen LogP contribution in [-0.4, -0.2) is 42.0 Å². The molecular weight excluding hydrogens is 330 g/mol. The summed E-state index contributed by atoms with van der Waals surface area (Å²) in [5.74, 6) is -18.5. The first kappa shape index (κ1) is 19.2. The minimum Gasteiger partial charge on any atom is -0.323 e. The zero-order valence-electron chi connectivity index (χ0n) is 9.48. The predicted octanol–water partition coefficient (Wildman–Crippen LogP) is 2.05. The number of rotatable bonds is 6. The Labute approximate surface area is 109 Å². The highest BCUT2D eigenvalue weighted by Crippen LogP contribution is 2.54. The molecule has 0 aromatic carbocycles. The molecule has 0 bridgehead atoms. The largest absolute Gasteiger partial charge is 0.384 e. The van der Waals surface area contributed by atoms with Crippen LogP contribution < -0.4 is 11.7 Å². The van der Waals surface area contributed by atoms with Crippen LogP contribution in [0.3, 0.4) is 0 Å². The van der Waals surface area contributed by atoms with Crippen molar-refractivity contribution in [1.82, 2.24) is 0 Å². The van der Waals surface area contributed by atoms with Crippen LogP contribution in [0.5, 0.6) is 0 Å². The van der Waals surface area contributed by atoms with Gasteiger partial charge in [-0.05, 0) is 0 Å². The highest BCUT2D eigenvalue weighted by Gasteiger charge is 2.83. The van der Waals surface area contributed by atoms with E-state index in [1.165, 1.54) is 0 Å². The summed E-state index contributed by atoms with van der Waals surface area (Å²) in [7, 11) is 0. The summed E-state index contributed by atoms with van der Waals surface area (Å²) in [6.45, 7) is 0. The number of halogens is 10. The maximum Gasteiger partial charge on any atom is 0.384 e. The Morgan fingerprint density at radius 2 is 1.29 bits per heavy atom. The van der Waals surface area contributed by atoms with E-state index in [-0.39, 0.29) is 0 Å². The van der Waals surface area contributed by atoms with E-state index in [9.17, 15) is 43.9 Å². The quantitative estimate of drug-likeness (QED) is 0.337. The van der Waals surface area contributed by atoms with Gasteiger partial charge in [-0.2, -0.15) is 45.3 Å². The van der Waals surface area contributed by atoms with Gasteiger partial charge in [0.15, 0.2) is 5.71 Å². The predicted molar refractivity (Wildman–Crippen MR) is 50.1 cm³/mol. The lowest BCUT2D eigenvalue weighted by Gasteiger charge is -2.35. The molecule has 0 unspecified atom stereocenters. The summed E-state index contributed by atoms with van der Waals surface area (Å²) in [5.41, 5.74) is -2.42. The van der Waals surface area contributed by atoms with Crippen LogP contribution in [0.1, 0.15) is 0 Å². The highest BCUT2D eigenvalue weighted by molar-refractivity contribution is 6.33. The van der Waals surface area contributed by atoms with Crippen molar-refractivity contribution in [3.8, 4) is 0 Å². The molecule has 4 N–H and O–H groups in total. The van der Waals surface area contributed by atoms with Crippen molar-refractivity contribution < 1.29 is 43.9 Å². The van der Waals surface area contributed by atoms with Gasteiger partial charge in [0.2, 0.25) is 0 Å². The minimum absolute atomic E-state index is 0.426. The molecule has 0 aromatic heterocycles.